The average molecular weight is 300 g/mol. The van der Waals surface area contributed by atoms with Crippen molar-refractivity contribution in [2.75, 3.05) is 60.5 Å². The number of likely N-dealkylation sites (tertiary alicyclic amines) is 1. The Balaban J connectivity index is 2.51. The number of carbonyl (C=O) groups is 2. The lowest BCUT2D eigenvalue weighted by Crippen LogP contribution is -2.48. The summed E-state index contributed by atoms with van der Waals surface area (Å²) in [4.78, 5) is 29.4. The number of nitrogens with two attached hydrogens (primary N) is 1. The van der Waals surface area contributed by atoms with Crippen LogP contribution in [0.3, 0.4) is 0 Å². The van der Waals surface area contributed by atoms with Gasteiger partial charge in [-0.3, -0.25) is 14.5 Å². The van der Waals surface area contributed by atoms with E-state index in [0.717, 1.165) is 25.9 Å². The molecule has 0 bridgehead atoms. The van der Waals surface area contributed by atoms with Gasteiger partial charge in [-0.2, -0.15) is 0 Å². The van der Waals surface area contributed by atoms with Crippen LogP contribution in [-0.2, 0) is 14.3 Å². The molecule has 0 radical (unpaired) electrons. The molecule has 0 spiro atoms. The predicted molar refractivity (Wildman–Crippen MR) is 80.8 cm³/mol. The van der Waals surface area contributed by atoms with E-state index in [2.05, 4.69) is 4.90 Å². The summed E-state index contributed by atoms with van der Waals surface area (Å²) >= 11 is 0. The maximum absolute atomic E-state index is 12.4. The van der Waals surface area contributed by atoms with E-state index in [1.807, 2.05) is 0 Å². The van der Waals surface area contributed by atoms with Gasteiger partial charge in [0.25, 0.3) is 0 Å². The smallest absolute Gasteiger partial charge is 0.241 e. The molecule has 1 saturated heterocycles. The zero-order valence-electron chi connectivity index (χ0n) is 13.4. The number of methoxy groups -OCH3 is 1. The van der Waals surface area contributed by atoms with E-state index >= 15 is 0 Å². The highest BCUT2D eigenvalue weighted by atomic mass is 16.5. The topological polar surface area (TPSA) is 79.1 Å². The Labute approximate surface area is 127 Å². The molecule has 122 valence electrons. The van der Waals surface area contributed by atoms with Gasteiger partial charge in [0.2, 0.25) is 11.8 Å². The van der Waals surface area contributed by atoms with Crippen molar-refractivity contribution in [3.8, 4) is 0 Å². The molecule has 0 atom stereocenters. The van der Waals surface area contributed by atoms with Gasteiger partial charge in [0, 0.05) is 46.9 Å². The minimum atomic E-state index is -0.0832. The highest BCUT2D eigenvalue weighted by molar-refractivity contribution is 5.85. The maximum Gasteiger partial charge on any atom is 0.241 e. The lowest BCUT2D eigenvalue weighted by Gasteiger charge is -2.31. The number of ether oxygens (including phenoxy) is 1. The number of piperidine rings is 1. The molecule has 2 amide bonds. The van der Waals surface area contributed by atoms with E-state index < -0.39 is 0 Å². The molecule has 21 heavy (non-hydrogen) atoms. The molecule has 1 fully saturated rings. The number of rotatable bonds is 7. The zero-order valence-corrected chi connectivity index (χ0v) is 13.4. The number of nitrogens with zero attached hydrogens (tertiary/aromatic N) is 3. The molecule has 2 N–H and O–H groups in total. The van der Waals surface area contributed by atoms with Crippen LogP contribution in [0.1, 0.15) is 12.8 Å². The Bertz CT molecular complexity index is 341. The molecule has 1 heterocycles. The molecule has 0 aromatic rings. The van der Waals surface area contributed by atoms with Crippen LogP contribution in [0.4, 0.5) is 0 Å². The van der Waals surface area contributed by atoms with Gasteiger partial charge in [-0.25, -0.2) is 0 Å². The van der Waals surface area contributed by atoms with Crippen LogP contribution in [0.2, 0.25) is 0 Å². The van der Waals surface area contributed by atoms with Crippen molar-refractivity contribution in [3.05, 3.63) is 0 Å². The van der Waals surface area contributed by atoms with Gasteiger partial charge < -0.3 is 20.3 Å². The van der Waals surface area contributed by atoms with Crippen LogP contribution in [-0.4, -0.2) is 93.1 Å². The van der Waals surface area contributed by atoms with Crippen molar-refractivity contribution in [2.45, 2.75) is 18.9 Å². The number of hydrogen-bond donors (Lipinski definition) is 1. The van der Waals surface area contributed by atoms with Gasteiger partial charge in [0.15, 0.2) is 0 Å². The molecule has 0 unspecified atom stereocenters. The van der Waals surface area contributed by atoms with Crippen LogP contribution in [0.5, 0.6) is 0 Å². The first-order valence-electron chi connectivity index (χ1n) is 7.38. The van der Waals surface area contributed by atoms with Gasteiger partial charge in [-0.1, -0.05) is 0 Å². The fourth-order valence-corrected chi connectivity index (χ4v) is 2.20. The molecular formula is C14H28N4O3. The number of likely N-dealkylation sites (N-methyl/N-ethyl adjacent to an activating group) is 1. The molecule has 0 aromatic heterocycles. The van der Waals surface area contributed by atoms with E-state index in [9.17, 15) is 9.59 Å². The van der Waals surface area contributed by atoms with Gasteiger partial charge >= 0.3 is 0 Å². The first-order chi connectivity index (χ1) is 9.93. The number of amides is 2. The van der Waals surface area contributed by atoms with Crippen LogP contribution in [0.25, 0.3) is 0 Å². The summed E-state index contributed by atoms with van der Waals surface area (Å²) in [5.74, 6) is -0.113. The second-order valence-electron chi connectivity index (χ2n) is 5.71. The Hall–Kier alpha value is -1.18. The summed E-state index contributed by atoms with van der Waals surface area (Å²) in [5, 5.41) is 0. The third-order valence-electron chi connectivity index (χ3n) is 3.73. The second kappa shape index (κ2) is 8.96. The third kappa shape index (κ3) is 6.41. The fourth-order valence-electron chi connectivity index (χ4n) is 2.20. The molecule has 0 saturated carbocycles. The van der Waals surface area contributed by atoms with Crippen molar-refractivity contribution < 1.29 is 14.3 Å². The molecule has 7 nitrogen and oxygen atoms in total. The third-order valence-corrected chi connectivity index (χ3v) is 3.73. The second-order valence-corrected chi connectivity index (χ2v) is 5.71. The molecule has 0 aliphatic carbocycles. The van der Waals surface area contributed by atoms with Crippen LogP contribution in [0, 0.1) is 0 Å². The summed E-state index contributed by atoms with van der Waals surface area (Å²) in [7, 11) is 4.96. The van der Waals surface area contributed by atoms with Gasteiger partial charge in [0.1, 0.15) is 0 Å². The normalized spacial score (nSPS) is 16.8. The average Bonchev–Trinajstić information content (AvgIpc) is 2.45. The highest BCUT2D eigenvalue weighted by Crippen LogP contribution is 2.08. The van der Waals surface area contributed by atoms with E-state index in [0.29, 0.717) is 19.7 Å². The van der Waals surface area contributed by atoms with Crippen LogP contribution < -0.4 is 5.73 Å². The lowest BCUT2D eigenvalue weighted by atomic mass is 10.1. The SMILES string of the molecule is COCCN(CC(=O)N(C)C)C(=O)CN1CCC(N)CC1. The molecule has 0 aromatic carbocycles. The van der Waals surface area contributed by atoms with Crippen LogP contribution in [0.15, 0.2) is 0 Å². The van der Waals surface area contributed by atoms with Gasteiger partial charge in [-0.15, -0.1) is 0 Å². The standard InChI is InChI=1S/C14H28N4O3/c1-16(2)13(19)11-18(8-9-21-3)14(20)10-17-6-4-12(15)5-7-17/h12H,4-11,15H2,1-3H3. The summed E-state index contributed by atoms with van der Waals surface area (Å²) in [5.41, 5.74) is 5.86. The molecule has 1 rings (SSSR count). The maximum atomic E-state index is 12.4. The highest BCUT2D eigenvalue weighted by Gasteiger charge is 2.23. The Morgan fingerprint density at radius 3 is 2.38 bits per heavy atom. The first-order valence-corrected chi connectivity index (χ1v) is 7.38. The molecule has 1 aliphatic heterocycles. The van der Waals surface area contributed by atoms with E-state index in [4.69, 9.17) is 10.5 Å². The summed E-state index contributed by atoms with van der Waals surface area (Å²) in [6.07, 6.45) is 1.84. The largest absolute Gasteiger partial charge is 0.383 e. The minimum absolute atomic E-state index is 0.0299. The number of hydrogen-bond acceptors (Lipinski definition) is 5. The minimum Gasteiger partial charge on any atom is -0.383 e. The zero-order chi connectivity index (χ0) is 15.8. The summed E-state index contributed by atoms with van der Waals surface area (Å²) < 4.78 is 5.02. The van der Waals surface area contributed by atoms with Crippen molar-refractivity contribution in [1.82, 2.24) is 14.7 Å². The molecule has 7 heteroatoms. The van der Waals surface area contributed by atoms with E-state index in [-0.39, 0.29) is 24.4 Å². The van der Waals surface area contributed by atoms with E-state index in [1.165, 1.54) is 4.90 Å². The lowest BCUT2D eigenvalue weighted by molar-refractivity contribution is -0.140. The van der Waals surface area contributed by atoms with E-state index in [1.54, 1.807) is 26.1 Å². The van der Waals surface area contributed by atoms with Crippen molar-refractivity contribution in [1.29, 1.82) is 0 Å². The Kier molecular flexibility index (Phi) is 7.63. The quantitative estimate of drug-likeness (QED) is 0.650. The molecular weight excluding hydrogens is 272 g/mol. The summed E-state index contributed by atoms with van der Waals surface area (Å²) in [6, 6.07) is 0.247. The number of carbonyl (C=O) groups excluding carboxylic acids is 2. The Morgan fingerprint density at radius 2 is 1.86 bits per heavy atom. The van der Waals surface area contributed by atoms with Crippen LogP contribution >= 0.6 is 0 Å². The van der Waals surface area contributed by atoms with Crippen molar-refractivity contribution >= 4 is 11.8 Å². The predicted octanol–water partition coefficient (Wildman–Crippen LogP) is -1.03. The monoisotopic (exact) mass is 300 g/mol. The van der Waals surface area contributed by atoms with Crippen molar-refractivity contribution in [2.24, 2.45) is 5.73 Å². The summed E-state index contributed by atoms with van der Waals surface area (Å²) in [6.45, 7) is 2.98. The first kappa shape index (κ1) is 17.9. The Morgan fingerprint density at radius 1 is 1.24 bits per heavy atom. The fraction of sp³-hybridized carbons (Fsp3) is 0.857. The molecule has 1 aliphatic rings. The van der Waals surface area contributed by atoms with Crippen molar-refractivity contribution in [3.63, 3.8) is 0 Å². The van der Waals surface area contributed by atoms with Gasteiger partial charge in [-0.05, 0) is 12.8 Å². The van der Waals surface area contributed by atoms with Gasteiger partial charge in [0.05, 0.1) is 19.7 Å².